The number of nitrogens with zero attached hydrogens (tertiary/aromatic N) is 1. The Kier molecular flexibility index (Phi) is 7.15. The van der Waals surface area contributed by atoms with Crippen LogP contribution in [0.5, 0.6) is 0 Å². The SMILES string of the molecule is CC(C)(S)CC(=O)NN=C1CCCCc2cc(NC(=O)OC(C)(C)C)ccc21. The molecule has 0 unspecified atom stereocenters. The number of carbonyl (C=O) groups is 2. The fourth-order valence-corrected chi connectivity index (χ4v) is 3.15. The average molecular weight is 406 g/mol. The third-order valence-corrected chi connectivity index (χ3v) is 4.24. The summed E-state index contributed by atoms with van der Waals surface area (Å²) in [6.07, 6.45) is 3.54. The van der Waals surface area contributed by atoms with E-state index in [0.29, 0.717) is 12.1 Å². The van der Waals surface area contributed by atoms with Gasteiger partial charge in [0.1, 0.15) is 5.60 Å². The molecule has 6 nitrogen and oxygen atoms in total. The highest BCUT2D eigenvalue weighted by Crippen LogP contribution is 2.25. The minimum atomic E-state index is -0.546. The van der Waals surface area contributed by atoms with Crippen LogP contribution in [0.1, 0.15) is 71.4 Å². The first-order valence-electron chi connectivity index (χ1n) is 9.64. The van der Waals surface area contributed by atoms with E-state index < -0.39 is 11.7 Å². The van der Waals surface area contributed by atoms with Gasteiger partial charge in [-0.3, -0.25) is 10.1 Å². The molecule has 28 heavy (non-hydrogen) atoms. The van der Waals surface area contributed by atoms with Crippen molar-refractivity contribution < 1.29 is 14.3 Å². The lowest BCUT2D eigenvalue weighted by atomic mass is 10.0. The van der Waals surface area contributed by atoms with Crippen molar-refractivity contribution in [2.24, 2.45) is 5.10 Å². The van der Waals surface area contributed by atoms with E-state index in [-0.39, 0.29) is 10.7 Å². The molecule has 0 saturated carbocycles. The van der Waals surface area contributed by atoms with Crippen molar-refractivity contribution in [2.45, 2.75) is 77.1 Å². The summed E-state index contributed by atoms with van der Waals surface area (Å²) in [6, 6.07) is 5.74. The predicted molar refractivity (Wildman–Crippen MR) is 116 cm³/mol. The number of anilines is 1. The second kappa shape index (κ2) is 8.99. The van der Waals surface area contributed by atoms with Gasteiger partial charge in [0.2, 0.25) is 5.91 Å². The van der Waals surface area contributed by atoms with Crippen LogP contribution in [-0.2, 0) is 16.0 Å². The summed E-state index contributed by atoms with van der Waals surface area (Å²) >= 11 is 4.39. The number of ether oxygens (including phenoxy) is 1. The fraction of sp³-hybridized carbons (Fsp3) is 0.571. The zero-order valence-corrected chi connectivity index (χ0v) is 18.3. The van der Waals surface area contributed by atoms with E-state index in [4.69, 9.17) is 4.74 Å². The van der Waals surface area contributed by atoms with Gasteiger partial charge in [0, 0.05) is 22.4 Å². The summed E-state index contributed by atoms with van der Waals surface area (Å²) in [5.74, 6) is -0.151. The Labute approximate surface area is 172 Å². The van der Waals surface area contributed by atoms with Crippen LogP contribution in [0.4, 0.5) is 10.5 Å². The van der Waals surface area contributed by atoms with E-state index in [1.807, 2.05) is 52.8 Å². The molecule has 1 aliphatic carbocycles. The molecule has 2 N–H and O–H groups in total. The zero-order valence-electron chi connectivity index (χ0n) is 17.4. The zero-order chi connectivity index (χ0) is 20.9. The number of thiol groups is 1. The van der Waals surface area contributed by atoms with Crippen LogP contribution in [-0.4, -0.2) is 28.1 Å². The number of hydrogen-bond acceptors (Lipinski definition) is 5. The van der Waals surface area contributed by atoms with Crippen LogP contribution in [0.3, 0.4) is 0 Å². The lowest BCUT2D eigenvalue weighted by Crippen LogP contribution is -2.27. The quantitative estimate of drug-likeness (QED) is 0.387. The van der Waals surface area contributed by atoms with Crippen molar-refractivity contribution in [3.05, 3.63) is 29.3 Å². The summed E-state index contributed by atoms with van der Waals surface area (Å²) in [5.41, 5.74) is 5.78. The molecule has 1 aromatic carbocycles. The van der Waals surface area contributed by atoms with Gasteiger partial charge < -0.3 is 4.74 Å². The van der Waals surface area contributed by atoms with Gasteiger partial charge in [-0.15, -0.1) is 0 Å². The first-order chi connectivity index (χ1) is 12.9. The largest absolute Gasteiger partial charge is 0.444 e. The summed E-state index contributed by atoms with van der Waals surface area (Å²) < 4.78 is 4.93. The maximum absolute atomic E-state index is 12.1. The highest BCUT2D eigenvalue weighted by atomic mass is 32.1. The number of amides is 2. The van der Waals surface area contributed by atoms with E-state index in [1.165, 1.54) is 0 Å². The number of aryl methyl sites for hydroxylation is 1. The second-order valence-corrected chi connectivity index (χ2v) is 10.00. The van der Waals surface area contributed by atoms with E-state index in [2.05, 4.69) is 28.5 Å². The molecule has 0 spiro atoms. The number of hydrogen-bond donors (Lipinski definition) is 3. The van der Waals surface area contributed by atoms with Crippen molar-refractivity contribution in [2.75, 3.05) is 5.32 Å². The first-order valence-corrected chi connectivity index (χ1v) is 10.1. The number of benzene rings is 1. The van der Waals surface area contributed by atoms with Crippen LogP contribution in [0.2, 0.25) is 0 Å². The minimum absolute atomic E-state index is 0.151. The first kappa shape index (κ1) is 22.3. The van der Waals surface area contributed by atoms with Gasteiger partial charge in [-0.05, 0) is 64.2 Å². The second-order valence-electron chi connectivity index (χ2n) is 8.79. The topological polar surface area (TPSA) is 79.8 Å². The summed E-state index contributed by atoms with van der Waals surface area (Å²) in [5, 5.41) is 7.16. The highest BCUT2D eigenvalue weighted by Gasteiger charge is 2.20. The Hall–Kier alpha value is -2.02. The van der Waals surface area contributed by atoms with Gasteiger partial charge in [0.25, 0.3) is 0 Å². The van der Waals surface area contributed by atoms with Crippen LogP contribution >= 0.6 is 12.6 Å². The molecule has 0 aliphatic heterocycles. The van der Waals surface area contributed by atoms with Crippen molar-refractivity contribution >= 4 is 36.0 Å². The Morgan fingerprint density at radius 3 is 2.46 bits per heavy atom. The molecule has 1 aliphatic rings. The van der Waals surface area contributed by atoms with Gasteiger partial charge in [0.15, 0.2) is 0 Å². The number of carbonyl (C=O) groups excluding carboxylic acids is 2. The normalized spacial score (nSPS) is 16.1. The molecule has 0 aromatic heterocycles. The molecule has 0 heterocycles. The van der Waals surface area contributed by atoms with Crippen molar-refractivity contribution in [3.63, 3.8) is 0 Å². The van der Waals surface area contributed by atoms with Crippen LogP contribution in [0, 0.1) is 0 Å². The molecule has 0 fully saturated rings. The van der Waals surface area contributed by atoms with Crippen molar-refractivity contribution in [1.29, 1.82) is 0 Å². The summed E-state index contributed by atoms with van der Waals surface area (Å²) in [4.78, 5) is 24.1. The van der Waals surface area contributed by atoms with E-state index in [1.54, 1.807) is 0 Å². The molecule has 0 saturated heterocycles. The molecule has 0 bridgehead atoms. The fourth-order valence-electron chi connectivity index (χ4n) is 3.00. The number of hydrazone groups is 1. The van der Waals surface area contributed by atoms with Gasteiger partial charge in [-0.25, -0.2) is 10.2 Å². The molecule has 2 rings (SSSR count). The Balaban J connectivity index is 2.14. The Morgan fingerprint density at radius 1 is 1.14 bits per heavy atom. The molecule has 154 valence electrons. The Morgan fingerprint density at radius 2 is 1.82 bits per heavy atom. The smallest absolute Gasteiger partial charge is 0.412 e. The molecule has 1 aromatic rings. The summed E-state index contributed by atoms with van der Waals surface area (Å²) in [7, 11) is 0. The van der Waals surface area contributed by atoms with E-state index >= 15 is 0 Å². The van der Waals surface area contributed by atoms with E-state index in [9.17, 15) is 9.59 Å². The molecule has 0 atom stereocenters. The lowest BCUT2D eigenvalue weighted by Gasteiger charge is -2.20. The third-order valence-electron chi connectivity index (χ3n) is 4.08. The van der Waals surface area contributed by atoms with Gasteiger partial charge >= 0.3 is 6.09 Å². The maximum atomic E-state index is 12.1. The molecule has 7 heteroatoms. The molecule has 0 radical (unpaired) electrons. The Bertz CT molecular complexity index is 761. The lowest BCUT2D eigenvalue weighted by molar-refractivity contribution is -0.121. The minimum Gasteiger partial charge on any atom is -0.444 e. The van der Waals surface area contributed by atoms with Crippen LogP contribution in [0.15, 0.2) is 23.3 Å². The third kappa shape index (κ3) is 7.54. The van der Waals surface area contributed by atoms with E-state index in [0.717, 1.165) is 42.5 Å². The molecular weight excluding hydrogens is 374 g/mol. The number of rotatable bonds is 4. The summed E-state index contributed by atoms with van der Waals surface area (Å²) in [6.45, 7) is 9.27. The molecule has 2 amide bonds. The standard InChI is InChI=1S/C21H31N3O3S/c1-20(2,3)27-19(26)22-15-10-11-16-14(12-15)8-6-7-9-17(16)23-24-18(25)13-21(4,5)28/h10-12,28H,6-9,13H2,1-5H3,(H,22,26)(H,24,25). The molecular formula is C21H31N3O3S. The predicted octanol–water partition coefficient (Wildman–Crippen LogP) is 4.68. The van der Waals surface area contributed by atoms with Crippen LogP contribution < -0.4 is 10.7 Å². The van der Waals surface area contributed by atoms with Crippen molar-refractivity contribution in [1.82, 2.24) is 5.43 Å². The van der Waals surface area contributed by atoms with Gasteiger partial charge in [-0.2, -0.15) is 17.7 Å². The van der Waals surface area contributed by atoms with Crippen LogP contribution in [0.25, 0.3) is 0 Å². The number of nitrogens with one attached hydrogen (secondary N) is 2. The van der Waals surface area contributed by atoms with Gasteiger partial charge in [-0.1, -0.05) is 19.9 Å². The number of fused-ring (bicyclic) bond motifs is 1. The van der Waals surface area contributed by atoms with Gasteiger partial charge in [0.05, 0.1) is 5.71 Å². The maximum Gasteiger partial charge on any atom is 0.412 e. The monoisotopic (exact) mass is 405 g/mol. The highest BCUT2D eigenvalue weighted by molar-refractivity contribution is 7.81. The van der Waals surface area contributed by atoms with Crippen molar-refractivity contribution in [3.8, 4) is 0 Å². The average Bonchev–Trinajstić information content (AvgIpc) is 2.71.